The molecular formula is C17H28N4O3S. The van der Waals surface area contributed by atoms with Crippen LogP contribution in [0.3, 0.4) is 0 Å². The van der Waals surface area contributed by atoms with Crippen molar-refractivity contribution in [2.45, 2.75) is 32.6 Å². The summed E-state index contributed by atoms with van der Waals surface area (Å²) in [6.45, 7) is 6.75. The van der Waals surface area contributed by atoms with E-state index in [0.29, 0.717) is 18.1 Å². The summed E-state index contributed by atoms with van der Waals surface area (Å²) in [5, 5.41) is 5.13. The smallest absolute Gasteiger partial charge is 0.245 e. The predicted octanol–water partition coefficient (Wildman–Crippen LogP) is 1.82. The molecule has 0 bridgehead atoms. The van der Waals surface area contributed by atoms with Gasteiger partial charge in [-0.15, -0.1) is 11.3 Å². The van der Waals surface area contributed by atoms with Gasteiger partial charge in [0.2, 0.25) is 11.8 Å². The quantitative estimate of drug-likeness (QED) is 0.638. The average molecular weight is 369 g/mol. The highest BCUT2D eigenvalue weighted by Crippen LogP contribution is 2.11. The molecule has 8 heteroatoms. The van der Waals surface area contributed by atoms with Crippen molar-refractivity contribution in [3.63, 3.8) is 0 Å². The number of ether oxygens (including phenoxy) is 1. The van der Waals surface area contributed by atoms with Crippen molar-refractivity contribution in [2.75, 3.05) is 51.3 Å². The van der Waals surface area contributed by atoms with Gasteiger partial charge in [0.05, 0.1) is 19.8 Å². The lowest BCUT2D eigenvalue weighted by molar-refractivity contribution is -0.135. The van der Waals surface area contributed by atoms with Gasteiger partial charge in [0.1, 0.15) is 0 Å². The predicted molar refractivity (Wildman–Crippen MR) is 98.7 cm³/mol. The number of unbranched alkanes of at least 4 members (excludes halogenated alkanes) is 2. The van der Waals surface area contributed by atoms with Gasteiger partial charge in [-0.05, 0) is 6.42 Å². The van der Waals surface area contributed by atoms with Crippen LogP contribution >= 0.6 is 11.3 Å². The summed E-state index contributed by atoms with van der Waals surface area (Å²) in [6, 6.07) is 0. The molecule has 2 rings (SSSR count). The minimum Gasteiger partial charge on any atom is -0.379 e. The molecule has 2 amide bonds. The number of morpholine rings is 1. The second kappa shape index (κ2) is 11.2. The van der Waals surface area contributed by atoms with Crippen LogP contribution in [-0.4, -0.2) is 72.5 Å². The lowest BCUT2D eigenvalue weighted by Crippen LogP contribution is -2.45. The number of amides is 2. The SMILES string of the molecule is CCCCCC(=O)N(CCN1CCOCC1)CC(=O)Nc1nccs1. The highest BCUT2D eigenvalue weighted by Gasteiger charge is 2.19. The van der Waals surface area contributed by atoms with Crippen molar-refractivity contribution in [1.29, 1.82) is 0 Å². The summed E-state index contributed by atoms with van der Waals surface area (Å²) in [7, 11) is 0. The van der Waals surface area contributed by atoms with Gasteiger partial charge in [-0.2, -0.15) is 0 Å². The monoisotopic (exact) mass is 368 g/mol. The normalized spacial score (nSPS) is 15.1. The van der Waals surface area contributed by atoms with Gasteiger partial charge < -0.3 is 15.0 Å². The number of hydrogen-bond acceptors (Lipinski definition) is 6. The van der Waals surface area contributed by atoms with Gasteiger partial charge in [-0.1, -0.05) is 19.8 Å². The van der Waals surface area contributed by atoms with E-state index in [4.69, 9.17) is 4.74 Å². The van der Waals surface area contributed by atoms with E-state index in [2.05, 4.69) is 22.1 Å². The summed E-state index contributed by atoms with van der Waals surface area (Å²) in [4.78, 5) is 32.7. The van der Waals surface area contributed by atoms with Gasteiger partial charge in [0, 0.05) is 44.2 Å². The van der Waals surface area contributed by atoms with Crippen molar-refractivity contribution in [1.82, 2.24) is 14.8 Å². The summed E-state index contributed by atoms with van der Waals surface area (Å²) in [5.41, 5.74) is 0. The molecule has 0 saturated carbocycles. The average Bonchev–Trinajstić information content (AvgIpc) is 3.12. The van der Waals surface area contributed by atoms with Crippen LogP contribution in [0.2, 0.25) is 0 Å². The first kappa shape index (κ1) is 19.8. The van der Waals surface area contributed by atoms with Crippen molar-refractivity contribution < 1.29 is 14.3 Å². The standard InChI is InChI=1S/C17H28N4O3S/c1-2-3-4-5-16(23)21(8-7-20-9-11-24-12-10-20)14-15(22)19-17-18-6-13-25-17/h6,13H,2-5,7-12,14H2,1H3,(H,18,19,22). The van der Waals surface area contributed by atoms with Gasteiger partial charge in [-0.3, -0.25) is 14.5 Å². The Labute approximate surface area is 153 Å². The van der Waals surface area contributed by atoms with Crippen LogP contribution in [-0.2, 0) is 14.3 Å². The van der Waals surface area contributed by atoms with Crippen LogP contribution in [0.5, 0.6) is 0 Å². The van der Waals surface area contributed by atoms with Crippen LogP contribution in [0.1, 0.15) is 32.6 Å². The molecule has 1 aromatic heterocycles. The molecule has 1 aliphatic heterocycles. The molecule has 25 heavy (non-hydrogen) atoms. The van der Waals surface area contributed by atoms with E-state index in [1.807, 2.05) is 5.38 Å². The van der Waals surface area contributed by atoms with Gasteiger partial charge in [0.15, 0.2) is 5.13 Å². The second-order valence-electron chi connectivity index (χ2n) is 6.11. The lowest BCUT2D eigenvalue weighted by atomic mass is 10.2. The lowest BCUT2D eigenvalue weighted by Gasteiger charge is -2.30. The number of aromatic nitrogens is 1. The van der Waals surface area contributed by atoms with E-state index < -0.39 is 0 Å². The van der Waals surface area contributed by atoms with E-state index in [1.165, 1.54) is 11.3 Å². The van der Waals surface area contributed by atoms with Crippen LogP contribution < -0.4 is 5.32 Å². The molecule has 0 aromatic carbocycles. The largest absolute Gasteiger partial charge is 0.379 e. The zero-order valence-corrected chi connectivity index (χ0v) is 15.7. The van der Waals surface area contributed by atoms with E-state index in [1.54, 1.807) is 11.1 Å². The molecule has 1 aliphatic rings. The Morgan fingerprint density at radius 3 is 2.84 bits per heavy atom. The minimum atomic E-state index is -0.194. The number of hydrogen-bond donors (Lipinski definition) is 1. The third-order valence-corrected chi connectivity index (χ3v) is 4.84. The molecule has 7 nitrogen and oxygen atoms in total. The Kier molecular flexibility index (Phi) is 8.85. The molecule has 2 heterocycles. The Hall–Kier alpha value is -1.51. The molecule has 0 unspecified atom stereocenters. The van der Waals surface area contributed by atoms with Gasteiger partial charge in [-0.25, -0.2) is 4.98 Å². The Morgan fingerprint density at radius 1 is 1.36 bits per heavy atom. The fraction of sp³-hybridized carbons (Fsp3) is 0.706. The zero-order valence-electron chi connectivity index (χ0n) is 14.9. The first-order valence-corrected chi connectivity index (χ1v) is 9.84. The highest BCUT2D eigenvalue weighted by atomic mass is 32.1. The summed E-state index contributed by atoms with van der Waals surface area (Å²) in [5.74, 6) is -0.142. The number of rotatable bonds is 10. The van der Waals surface area contributed by atoms with Crippen LogP contribution in [0.4, 0.5) is 5.13 Å². The van der Waals surface area contributed by atoms with Crippen molar-refractivity contribution in [2.24, 2.45) is 0 Å². The topological polar surface area (TPSA) is 74.8 Å². The second-order valence-corrected chi connectivity index (χ2v) is 7.01. The first-order chi connectivity index (χ1) is 12.2. The maximum atomic E-state index is 12.5. The molecule has 0 spiro atoms. The minimum absolute atomic E-state index is 0.0519. The Bertz CT molecular complexity index is 518. The molecule has 1 aromatic rings. The summed E-state index contributed by atoms with van der Waals surface area (Å²) < 4.78 is 5.35. The van der Waals surface area contributed by atoms with Gasteiger partial charge in [0.25, 0.3) is 0 Å². The highest BCUT2D eigenvalue weighted by molar-refractivity contribution is 7.13. The zero-order chi connectivity index (χ0) is 17.9. The van der Waals surface area contributed by atoms with Crippen LogP contribution in [0, 0.1) is 0 Å². The van der Waals surface area contributed by atoms with Crippen LogP contribution in [0.15, 0.2) is 11.6 Å². The van der Waals surface area contributed by atoms with E-state index in [0.717, 1.165) is 52.1 Å². The molecule has 0 radical (unpaired) electrons. The molecule has 1 fully saturated rings. The molecule has 0 atom stereocenters. The first-order valence-electron chi connectivity index (χ1n) is 8.96. The molecule has 1 saturated heterocycles. The number of carbonyl (C=O) groups excluding carboxylic acids is 2. The Morgan fingerprint density at radius 2 is 2.16 bits per heavy atom. The van der Waals surface area contributed by atoms with Crippen molar-refractivity contribution in [3.8, 4) is 0 Å². The number of anilines is 1. The molecule has 0 aliphatic carbocycles. The number of nitrogens with zero attached hydrogens (tertiary/aromatic N) is 3. The van der Waals surface area contributed by atoms with E-state index in [9.17, 15) is 9.59 Å². The molecular weight excluding hydrogens is 340 g/mol. The molecule has 140 valence electrons. The van der Waals surface area contributed by atoms with Crippen molar-refractivity contribution >= 4 is 28.3 Å². The fourth-order valence-electron chi connectivity index (χ4n) is 2.68. The maximum Gasteiger partial charge on any atom is 0.245 e. The third kappa shape index (κ3) is 7.50. The molecule has 1 N–H and O–H groups in total. The Balaban J connectivity index is 1.85. The fourth-order valence-corrected chi connectivity index (χ4v) is 3.23. The third-order valence-electron chi connectivity index (χ3n) is 4.15. The van der Waals surface area contributed by atoms with E-state index >= 15 is 0 Å². The number of thiazole rings is 1. The summed E-state index contributed by atoms with van der Waals surface area (Å²) >= 11 is 1.37. The van der Waals surface area contributed by atoms with E-state index in [-0.39, 0.29) is 18.4 Å². The maximum absolute atomic E-state index is 12.5. The summed E-state index contributed by atoms with van der Waals surface area (Å²) in [6.07, 6.45) is 5.13. The van der Waals surface area contributed by atoms with Crippen LogP contribution in [0.25, 0.3) is 0 Å². The number of nitrogens with one attached hydrogen (secondary N) is 1. The number of carbonyl (C=O) groups is 2. The van der Waals surface area contributed by atoms with Gasteiger partial charge >= 0.3 is 0 Å². The van der Waals surface area contributed by atoms with Crippen molar-refractivity contribution in [3.05, 3.63) is 11.6 Å².